The molecule has 0 radical (unpaired) electrons. The van der Waals surface area contributed by atoms with Crippen LogP contribution in [0, 0.1) is 0 Å². The fourth-order valence-electron chi connectivity index (χ4n) is 2.12. The summed E-state index contributed by atoms with van der Waals surface area (Å²) in [5.41, 5.74) is 1.60. The molecule has 0 aliphatic heterocycles. The highest BCUT2D eigenvalue weighted by Gasteiger charge is 2.10. The van der Waals surface area contributed by atoms with Crippen LogP contribution in [-0.4, -0.2) is 66.5 Å². The van der Waals surface area contributed by atoms with E-state index in [1.807, 2.05) is 43.1 Å². The molecule has 0 unspecified atom stereocenters. The van der Waals surface area contributed by atoms with Crippen molar-refractivity contribution in [3.63, 3.8) is 0 Å². The van der Waals surface area contributed by atoms with Gasteiger partial charge >= 0.3 is 0 Å². The molecule has 0 bridgehead atoms. The van der Waals surface area contributed by atoms with Crippen LogP contribution in [0.5, 0.6) is 0 Å². The van der Waals surface area contributed by atoms with E-state index < -0.39 is 0 Å². The second kappa shape index (κ2) is 8.93. The molecule has 0 saturated carbocycles. The molecular weight excluding hydrogens is 304 g/mol. The van der Waals surface area contributed by atoms with Crippen molar-refractivity contribution in [2.45, 2.75) is 6.42 Å². The minimum atomic E-state index is -0.178. The van der Waals surface area contributed by atoms with Gasteiger partial charge in [0.15, 0.2) is 0 Å². The van der Waals surface area contributed by atoms with Gasteiger partial charge in [-0.3, -0.25) is 9.78 Å². The molecule has 0 spiro atoms. The molecule has 0 aliphatic rings. The van der Waals surface area contributed by atoms with E-state index in [0.29, 0.717) is 12.2 Å². The molecule has 0 aromatic carbocycles. The summed E-state index contributed by atoms with van der Waals surface area (Å²) in [5.74, 6) is 0.555. The summed E-state index contributed by atoms with van der Waals surface area (Å²) in [6.07, 6.45) is 5.89. The Balaban J connectivity index is 1.92. The Labute approximate surface area is 142 Å². The number of carbonyl (C=O) groups is 1. The number of hydrogen-bond acceptors (Lipinski definition) is 6. The second-order valence-corrected chi connectivity index (χ2v) is 5.85. The highest BCUT2D eigenvalue weighted by molar-refractivity contribution is 5.92. The van der Waals surface area contributed by atoms with Crippen molar-refractivity contribution in [3.05, 3.63) is 48.2 Å². The van der Waals surface area contributed by atoms with Gasteiger partial charge in [0.2, 0.25) is 0 Å². The van der Waals surface area contributed by atoms with Gasteiger partial charge in [-0.05, 0) is 38.2 Å². The Bertz CT molecular complexity index is 647. The maximum Gasteiger partial charge on any atom is 0.270 e. The summed E-state index contributed by atoms with van der Waals surface area (Å²) in [5, 5.41) is 2.86. The second-order valence-electron chi connectivity index (χ2n) is 5.85. The van der Waals surface area contributed by atoms with E-state index in [4.69, 9.17) is 0 Å². The van der Waals surface area contributed by atoms with Crippen molar-refractivity contribution < 1.29 is 4.79 Å². The Morgan fingerprint density at radius 2 is 1.88 bits per heavy atom. The number of aromatic nitrogens is 3. The van der Waals surface area contributed by atoms with E-state index in [9.17, 15) is 4.79 Å². The van der Waals surface area contributed by atoms with Gasteiger partial charge in [0.25, 0.3) is 5.91 Å². The van der Waals surface area contributed by atoms with Gasteiger partial charge < -0.3 is 15.1 Å². The average molecular weight is 328 g/mol. The molecule has 7 heteroatoms. The molecule has 2 aromatic rings. The third-order valence-corrected chi connectivity index (χ3v) is 3.61. The van der Waals surface area contributed by atoms with Crippen LogP contribution in [0.2, 0.25) is 0 Å². The number of rotatable bonds is 8. The minimum Gasteiger partial charge on any atom is -0.359 e. The lowest BCUT2D eigenvalue weighted by atomic mass is 10.2. The number of amides is 1. The molecule has 2 rings (SSSR count). The predicted octanol–water partition coefficient (Wildman–Crippen LogP) is 0.842. The number of likely N-dealkylation sites (N-methyl/N-ethyl adjacent to an activating group) is 2. The zero-order chi connectivity index (χ0) is 17.4. The maximum absolute atomic E-state index is 12.1. The SMILES string of the molecule is CN(C)CCNC(=O)c1cc(N(C)CCc2ccncc2)ncn1. The van der Waals surface area contributed by atoms with E-state index in [-0.39, 0.29) is 5.91 Å². The number of hydrogen-bond donors (Lipinski definition) is 1. The number of nitrogens with one attached hydrogen (secondary N) is 1. The molecule has 7 nitrogen and oxygen atoms in total. The van der Waals surface area contributed by atoms with E-state index in [0.717, 1.165) is 25.3 Å². The van der Waals surface area contributed by atoms with Crippen LogP contribution in [0.3, 0.4) is 0 Å². The van der Waals surface area contributed by atoms with Crippen molar-refractivity contribution >= 4 is 11.7 Å². The van der Waals surface area contributed by atoms with Crippen molar-refractivity contribution in [2.75, 3.05) is 45.7 Å². The zero-order valence-corrected chi connectivity index (χ0v) is 14.4. The predicted molar refractivity (Wildman–Crippen MR) is 94.1 cm³/mol. The lowest BCUT2D eigenvalue weighted by molar-refractivity contribution is 0.0946. The first-order valence-electron chi connectivity index (χ1n) is 7.91. The van der Waals surface area contributed by atoms with E-state index in [1.54, 1.807) is 18.5 Å². The molecule has 0 fully saturated rings. The standard InChI is InChI=1S/C17H24N6O/c1-22(2)11-9-19-17(24)15-12-16(21-13-20-15)23(3)10-6-14-4-7-18-8-5-14/h4-5,7-8,12-13H,6,9-11H2,1-3H3,(H,19,24). The molecule has 0 aliphatic carbocycles. The molecule has 128 valence electrons. The quantitative estimate of drug-likeness (QED) is 0.774. The normalized spacial score (nSPS) is 10.7. The minimum absolute atomic E-state index is 0.178. The highest BCUT2D eigenvalue weighted by Crippen LogP contribution is 2.10. The monoisotopic (exact) mass is 328 g/mol. The number of nitrogens with zero attached hydrogens (tertiary/aromatic N) is 5. The summed E-state index contributed by atoms with van der Waals surface area (Å²) in [4.78, 5) is 28.5. The highest BCUT2D eigenvalue weighted by atomic mass is 16.1. The van der Waals surface area contributed by atoms with Gasteiger partial charge in [-0.2, -0.15) is 0 Å². The van der Waals surface area contributed by atoms with Gasteiger partial charge in [-0.15, -0.1) is 0 Å². The lowest BCUT2D eigenvalue weighted by Crippen LogP contribution is -2.32. The molecular formula is C17H24N6O. The molecule has 1 amide bonds. The Hall–Kier alpha value is -2.54. The van der Waals surface area contributed by atoms with Crippen LogP contribution in [0.15, 0.2) is 36.9 Å². The number of carbonyl (C=O) groups excluding carboxylic acids is 1. The van der Waals surface area contributed by atoms with Crippen molar-refractivity contribution in [1.29, 1.82) is 0 Å². The fraction of sp³-hybridized carbons (Fsp3) is 0.412. The van der Waals surface area contributed by atoms with Gasteiger partial charge in [0.1, 0.15) is 17.8 Å². The summed E-state index contributed by atoms with van der Waals surface area (Å²) in [6.45, 7) is 2.17. The maximum atomic E-state index is 12.1. The first-order chi connectivity index (χ1) is 11.6. The van der Waals surface area contributed by atoms with Gasteiger partial charge in [-0.25, -0.2) is 9.97 Å². The first kappa shape index (κ1) is 17.8. The van der Waals surface area contributed by atoms with Gasteiger partial charge in [-0.1, -0.05) is 0 Å². The van der Waals surface area contributed by atoms with Crippen LogP contribution >= 0.6 is 0 Å². The fourth-order valence-corrected chi connectivity index (χ4v) is 2.12. The van der Waals surface area contributed by atoms with Gasteiger partial charge in [0, 0.05) is 45.1 Å². The van der Waals surface area contributed by atoms with Crippen LogP contribution < -0.4 is 10.2 Å². The molecule has 24 heavy (non-hydrogen) atoms. The third kappa shape index (κ3) is 5.58. The molecule has 2 heterocycles. The number of pyridine rings is 1. The van der Waals surface area contributed by atoms with E-state index in [1.165, 1.54) is 11.9 Å². The molecule has 2 aromatic heterocycles. The smallest absolute Gasteiger partial charge is 0.270 e. The van der Waals surface area contributed by atoms with E-state index >= 15 is 0 Å². The van der Waals surface area contributed by atoms with Crippen molar-refractivity contribution in [3.8, 4) is 0 Å². The lowest BCUT2D eigenvalue weighted by Gasteiger charge is -2.18. The van der Waals surface area contributed by atoms with E-state index in [2.05, 4.69) is 20.3 Å². The molecule has 1 N–H and O–H groups in total. The average Bonchev–Trinajstić information content (AvgIpc) is 2.60. The van der Waals surface area contributed by atoms with Crippen LogP contribution in [-0.2, 0) is 6.42 Å². The summed E-state index contributed by atoms with van der Waals surface area (Å²) in [6, 6.07) is 5.71. The molecule has 0 saturated heterocycles. The van der Waals surface area contributed by atoms with Crippen LogP contribution in [0.4, 0.5) is 5.82 Å². The summed E-state index contributed by atoms with van der Waals surface area (Å²) < 4.78 is 0. The topological polar surface area (TPSA) is 74.2 Å². The van der Waals surface area contributed by atoms with Crippen LogP contribution in [0.1, 0.15) is 16.1 Å². The van der Waals surface area contributed by atoms with Gasteiger partial charge in [0.05, 0.1) is 0 Å². The largest absolute Gasteiger partial charge is 0.359 e. The Morgan fingerprint density at radius 1 is 1.12 bits per heavy atom. The zero-order valence-electron chi connectivity index (χ0n) is 14.4. The Kier molecular flexibility index (Phi) is 6.62. The summed E-state index contributed by atoms with van der Waals surface area (Å²) in [7, 11) is 5.89. The molecule has 0 atom stereocenters. The van der Waals surface area contributed by atoms with Crippen LogP contribution in [0.25, 0.3) is 0 Å². The summed E-state index contributed by atoms with van der Waals surface area (Å²) >= 11 is 0. The van der Waals surface area contributed by atoms with Crippen molar-refractivity contribution in [1.82, 2.24) is 25.2 Å². The third-order valence-electron chi connectivity index (χ3n) is 3.61. The first-order valence-corrected chi connectivity index (χ1v) is 7.91. The Morgan fingerprint density at radius 3 is 2.58 bits per heavy atom. The van der Waals surface area contributed by atoms with Crippen molar-refractivity contribution in [2.24, 2.45) is 0 Å². The number of anilines is 1.